The van der Waals surface area contributed by atoms with E-state index in [0.29, 0.717) is 35.2 Å². The van der Waals surface area contributed by atoms with E-state index in [1.165, 1.54) is 28.6 Å². The number of thioether (sulfide) groups is 1. The van der Waals surface area contributed by atoms with Gasteiger partial charge in [0.15, 0.2) is 0 Å². The van der Waals surface area contributed by atoms with Crippen LogP contribution in [0.5, 0.6) is 0 Å². The number of aryl methyl sites for hydroxylation is 1. The average Bonchev–Trinajstić information content (AvgIpc) is 2.71. The topological polar surface area (TPSA) is 84.3 Å². The Labute approximate surface area is 168 Å². The van der Waals surface area contributed by atoms with Gasteiger partial charge in [0.2, 0.25) is 0 Å². The van der Waals surface area contributed by atoms with Gasteiger partial charge in [-0.25, -0.2) is 4.98 Å². The van der Waals surface area contributed by atoms with Crippen LogP contribution in [0.4, 0.5) is 5.69 Å². The van der Waals surface area contributed by atoms with Gasteiger partial charge in [-0.05, 0) is 43.2 Å². The number of hydrogen-bond acceptors (Lipinski definition) is 5. The number of hydrogen-bond donors (Lipinski definition) is 1. The molecule has 0 unspecified atom stereocenters. The molecule has 1 fully saturated rings. The smallest absolute Gasteiger partial charge is 0.274 e. The largest absolute Gasteiger partial charge is 0.339 e. The molecule has 8 heteroatoms. The van der Waals surface area contributed by atoms with Crippen LogP contribution in [0, 0.1) is 5.92 Å². The third kappa shape index (κ3) is 4.27. The number of amides is 2. The Balaban J connectivity index is 1.86. The Hall–Kier alpha value is -2.61. The fourth-order valence-electron chi connectivity index (χ4n) is 3.23. The minimum atomic E-state index is -0.425. The molecular formula is C20H24N4O3S. The summed E-state index contributed by atoms with van der Waals surface area (Å²) in [6, 6.07) is 4.79. The van der Waals surface area contributed by atoms with Gasteiger partial charge in [-0.1, -0.05) is 6.92 Å². The summed E-state index contributed by atoms with van der Waals surface area (Å²) in [6.45, 7) is 3.59. The van der Waals surface area contributed by atoms with E-state index >= 15 is 0 Å². The van der Waals surface area contributed by atoms with E-state index < -0.39 is 5.91 Å². The maximum atomic E-state index is 12.9. The number of carbonyl (C=O) groups excluding carboxylic acids is 2. The van der Waals surface area contributed by atoms with Gasteiger partial charge in [0.25, 0.3) is 17.4 Å². The van der Waals surface area contributed by atoms with Crippen LogP contribution < -0.4 is 10.9 Å². The second-order valence-corrected chi connectivity index (χ2v) is 7.84. The molecule has 1 saturated heterocycles. The molecule has 0 saturated carbocycles. The van der Waals surface area contributed by atoms with Crippen molar-refractivity contribution in [2.24, 2.45) is 13.0 Å². The van der Waals surface area contributed by atoms with Crippen molar-refractivity contribution in [2.45, 2.75) is 24.8 Å². The first-order chi connectivity index (χ1) is 13.4. The molecule has 3 heterocycles. The van der Waals surface area contributed by atoms with Crippen LogP contribution in [0.15, 0.2) is 40.4 Å². The highest BCUT2D eigenvalue weighted by atomic mass is 32.2. The summed E-state index contributed by atoms with van der Waals surface area (Å²) >= 11 is 1.35. The van der Waals surface area contributed by atoms with Gasteiger partial charge in [0.1, 0.15) is 10.7 Å². The highest BCUT2D eigenvalue weighted by molar-refractivity contribution is 7.98. The standard InChI is InChI=1S/C20H24N4O3S/c1-13-6-9-24(10-7-13)19(26)14-11-16(20(27)23(2)12-14)22-17(25)15-5-4-8-21-18(15)28-3/h4-5,8,11-13H,6-7,9-10H2,1-3H3,(H,22,25). The zero-order valence-electron chi connectivity index (χ0n) is 16.3. The lowest BCUT2D eigenvalue weighted by atomic mass is 9.99. The third-order valence-corrected chi connectivity index (χ3v) is 5.67. The Morgan fingerprint density at radius 1 is 1.29 bits per heavy atom. The van der Waals surface area contributed by atoms with Crippen molar-refractivity contribution < 1.29 is 9.59 Å². The van der Waals surface area contributed by atoms with Crippen LogP contribution in [-0.2, 0) is 7.05 Å². The van der Waals surface area contributed by atoms with Gasteiger partial charge < -0.3 is 14.8 Å². The first-order valence-corrected chi connectivity index (χ1v) is 10.4. The summed E-state index contributed by atoms with van der Waals surface area (Å²) in [5.41, 5.74) is 0.494. The number of nitrogens with one attached hydrogen (secondary N) is 1. The number of likely N-dealkylation sites (tertiary alicyclic amines) is 1. The minimum absolute atomic E-state index is 0.0830. The number of carbonyl (C=O) groups is 2. The lowest BCUT2D eigenvalue weighted by molar-refractivity contribution is 0.0696. The van der Waals surface area contributed by atoms with Gasteiger partial charge in [0.05, 0.1) is 11.1 Å². The first kappa shape index (κ1) is 20.1. The minimum Gasteiger partial charge on any atom is -0.339 e. The molecule has 3 rings (SSSR count). The molecule has 0 bridgehead atoms. The quantitative estimate of drug-likeness (QED) is 0.798. The van der Waals surface area contributed by atoms with Gasteiger partial charge in [0, 0.05) is 32.5 Å². The van der Waals surface area contributed by atoms with E-state index in [-0.39, 0.29) is 17.2 Å². The van der Waals surface area contributed by atoms with E-state index in [0.717, 1.165) is 12.8 Å². The molecule has 1 aliphatic heterocycles. The summed E-state index contributed by atoms with van der Waals surface area (Å²) < 4.78 is 1.33. The fourth-order valence-corrected chi connectivity index (χ4v) is 3.78. The molecule has 148 valence electrons. The predicted octanol–water partition coefficient (Wildman–Crippen LogP) is 2.63. The van der Waals surface area contributed by atoms with Crippen LogP contribution in [0.2, 0.25) is 0 Å². The van der Waals surface area contributed by atoms with Crippen molar-refractivity contribution in [3.05, 3.63) is 52.1 Å². The summed E-state index contributed by atoms with van der Waals surface area (Å²) in [5.74, 6) is 0.0688. The second-order valence-electron chi connectivity index (χ2n) is 7.05. The summed E-state index contributed by atoms with van der Waals surface area (Å²) in [6.07, 6.45) is 6.91. The Bertz CT molecular complexity index is 949. The lowest BCUT2D eigenvalue weighted by Gasteiger charge is -2.30. The Morgan fingerprint density at radius 2 is 2.00 bits per heavy atom. The number of aromatic nitrogens is 2. The number of piperidine rings is 1. The van der Waals surface area contributed by atoms with E-state index in [1.54, 1.807) is 30.3 Å². The van der Waals surface area contributed by atoms with Crippen molar-refractivity contribution in [3.63, 3.8) is 0 Å². The molecule has 1 N–H and O–H groups in total. The molecule has 2 amide bonds. The highest BCUT2D eigenvalue weighted by Crippen LogP contribution is 2.20. The Kier molecular flexibility index (Phi) is 6.18. The molecular weight excluding hydrogens is 376 g/mol. The Morgan fingerprint density at radius 3 is 2.68 bits per heavy atom. The van der Waals surface area contributed by atoms with Crippen LogP contribution in [0.3, 0.4) is 0 Å². The van der Waals surface area contributed by atoms with Gasteiger partial charge in [-0.15, -0.1) is 11.8 Å². The third-order valence-electron chi connectivity index (χ3n) is 4.96. The predicted molar refractivity (Wildman–Crippen MR) is 110 cm³/mol. The molecule has 2 aromatic heterocycles. The molecule has 0 aliphatic carbocycles. The van der Waals surface area contributed by atoms with E-state index in [4.69, 9.17) is 0 Å². The second kappa shape index (κ2) is 8.60. The van der Waals surface area contributed by atoms with E-state index in [9.17, 15) is 14.4 Å². The first-order valence-electron chi connectivity index (χ1n) is 9.21. The van der Waals surface area contributed by atoms with Crippen molar-refractivity contribution in [1.82, 2.24) is 14.5 Å². The maximum absolute atomic E-state index is 12.9. The van der Waals surface area contributed by atoms with Crippen LogP contribution in [0.25, 0.3) is 0 Å². The fraction of sp³-hybridized carbons (Fsp3) is 0.400. The summed E-state index contributed by atoms with van der Waals surface area (Å²) in [4.78, 5) is 44.0. The molecule has 2 aromatic rings. The van der Waals surface area contributed by atoms with Crippen molar-refractivity contribution in [3.8, 4) is 0 Å². The molecule has 0 spiro atoms. The molecule has 0 radical (unpaired) electrons. The van der Waals surface area contributed by atoms with Gasteiger partial charge in [-0.2, -0.15) is 0 Å². The van der Waals surface area contributed by atoms with Crippen LogP contribution in [-0.4, -0.2) is 45.6 Å². The molecule has 7 nitrogen and oxygen atoms in total. The average molecular weight is 401 g/mol. The van der Waals surface area contributed by atoms with Crippen molar-refractivity contribution >= 4 is 29.3 Å². The summed E-state index contributed by atoms with van der Waals surface area (Å²) in [5, 5.41) is 3.23. The normalized spacial score (nSPS) is 14.8. The van der Waals surface area contributed by atoms with E-state index in [2.05, 4.69) is 17.2 Å². The van der Waals surface area contributed by atoms with Gasteiger partial charge in [-0.3, -0.25) is 14.4 Å². The lowest BCUT2D eigenvalue weighted by Crippen LogP contribution is -2.38. The molecule has 0 aromatic carbocycles. The number of pyridine rings is 2. The SMILES string of the molecule is CSc1ncccc1C(=O)Nc1cc(C(=O)N2CCC(C)CC2)cn(C)c1=O. The van der Waals surface area contributed by atoms with E-state index in [1.807, 2.05) is 6.26 Å². The maximum Gasteiger partial charge on any atom is 0.274 e. The number of nitrogens with zero attached hydrogens (tertiary/aromatic N) is 3. The van der Waals surface area contributed by atoms with Crippen LogP contribution >= 0.6 is 11.8 Å². The highest BCUT2D eigenvalue weighted by Gasteiger charge is 2.23. The molecule has 0 atom stereocenters. The van der Waals surface area contributed by atoms with Crippen molar-refractivity contribution in [1.29, 1.82) is 0 Å². The zero-order valence-corrected chi connectivity index (χ0v) is 17.1. The number of anilines is 1. The zero-order chi connectivity index (χ0) is 20.3. The number of rotatable bonds is 4. The van der Waals surface area contributed by atoms with Crippen molar-refractivity contribution in [2.75, 3.05) is 24.7 Å². The molecule has 28 heavy (non-hydrogen) atoms. The monoisotopic (exact) mass is 400 g/mol. The van der Waals surface area contributed by atoms with Crippen LogP contribution in [0.1, 0.15) is 40.5 Å². The molecule has 1 aliphatic rings. The summed E-state index contributed by atoms with van der Waals surface area (Å²) in [7, 11) is 1.57. The van der Waals surface area contributed by atoms with Gasteiger partial charge >= 0.3 is 0 Å².